The van der Waals surface area contributed by atoms with Gasteiger partial charge in [-0.25, -0.2) is 0 Å². The molecule has 0 spiro atoms. The Morgan fingerprint density at radius 1 is 1.41 bits per heavy atom. The number of hydrogen-bond acceptors (Lipinski definition) is 4. The smallest absolute Gasteiger partial charge is 0.0704 e. The normalized spacial score (nSPS) is 21.2. The summed E-state index contributed by atoms with van der Waals surface area (Å²) < 4.78 is 10.9. The molecule has 0 saturated heterocycles. The summed E-state index contributed by atoms with van der Waals surface area (Å²) in [4.78, 5) is 0. The molecular formula is C13H27NO3. The molecule has 2 atom stereocenters. The molecule has 0 amide bonds. The first-order chi connectivity index (χ1) is 8.09. The maximum atomic E-state index is 9.48. The molecule has 2 unspecified atom stereocenters. The van der Waals surface area contributed by atoms with Gasteiger partial charge >= 0.3 is 0 Å². The largest absolute Gasteiger partial charge is 0.394 e. The van der Waals surface area contributed by atoms with Gasteiger partial charge in [-0.1, -0.05) is 0 Å². The van der Waals surface area contributed by atoms with Crippen LogP contribution in [-0.2, 0) is 9.47 Å². The molecule has 2 N–H and O–H groups in total. The molecule has 1 saturated carbocycles. The van der Waals surface area contributed by atoms with Gasteiger partial charge in [0.25, 0.3) is 0 Å². The average molecular weight is 245 g/mol. The maximum absolute atomic E-state index is 9.48. The van der Waals surface area contributed by atoms with Gasteiger partial charge in [-0.2, -0.15) is 0 Å². The fraction of sp³-hybridized carbons (Fsp3) is 1.00. The maximum Gasteiger partial charge on any atom is 0.0704 e. The first-order valence-corrected chi connectivity index (χ1v) is 6.67. The van der Waals surface area contributed by atoms with Crippen molar-refractivity contribution in [3.63, 3.8) is 0 Å². The molecule has 0 aromatic carbocycles. The van der Waals surface area contributed by atoms with Crippen molar-refractivity contribution in [1.29, 1.82) is 0 Å². The van der Waals surface area contributed by atoms with Gasteiger partial charge in [0.2, 0.25) is 0 Å². The second-order valence-electron chi connectivity index (χ2n) is 5.22. The molecule has 0 aromatic rings. The topological polar surface area (TPSA) is 50.7 Å². The van der Waals surface area contributed by atoms with Crippen LogP contribution in [0, 0.1) is 0 Å². The van der Waals surface area contributed by atoms with E-state index < -0.39 is 0 Å². The van der Waals surface area contributed by atoms with E-state index in [1.54, 1.807) is 0 Å². The third-order valence-corrected chi connectivity index (χ3v) is 3.05. The number of aliphatic hydroxyl groups is 1. The first-order valence-electron chi connectivity index (χ1n) is 6.67. The summed E-state index contributed by atoms with van der Waals surface area (Å²) in [6.07, 6.45) is 3.43. The Balaban J connectivity index is 2.18. The summed E-state index contributed by atoms with van der Waals surface area (Å²) in [5.41, 5.74) is -0.216. The lowest BCUT2D eigenvalue weighted by Gasteiger charge is -2.31. The van der Waals surface area contributed by atoms with Crippen LogP contribution in [0.1, 0.15) is 40.0 Å². The number of aliphatic hydroxyl groups excluding tert-OH is 1. The molecule has 0 bridgehead atoms. The van der Waals surface area contributed by atoms with Crippen molar-refractivity contribution in [1.82, 2.24) is 5.32 Å². The van der Waals surface area contributed by atoms with Gasteiger partial charge in [0, 0.05) is 18.2 Å². The van der Waals surface area contributed by atoms with Crippen molar-refractivity contribution in [2.75, 3.05) is 26.4 Å². The predicted molar refractivity (Wildman–Crippen MR) is 68.2 cm³/mol. The second kappa shape index (κ2) is 7.31. The van der Waals surface area contributed by atoms with E-state index >= 15 is 0 Å². The monoisotopic (exact) mass is 245 g/mol. The third-order valence-electron chi connectivity index (χ3n) is 3.05. The highest BCUT2D eigenvalue weighted by Gasteiger charge is 2.33. The van der Waals surface area contributed by atoms with Crippen LogP contribution < -0.4 is 5.32 Å². The summed E-state index contributed by atoms with van der Waals surface area (Å²) in [5, 5.41) is 13.0. The molecule has 0 aliphatic heterocycles. The standard InChI is InChI=1S/C13H27NO3/c1-4-16-7-8-17-11(2)9-13(3,10-15)14-12-5-6-12/h11-12,14-15H,4-10H2,1-3H3. The number of nitrogens with one attached hydrogen (secondary N) is 1. The lowest BCUT2D eigenvalue weighted by Crippen LogP contribution is -2.49. The first kappa shape index (κ1) is 14.9. The second-order valence-corrected chi connectivity index (χ2v) is 5.22. The van der Waals surface area contributed by atoms with E-state index in [9.17, 15) is 5.11 Å². The van der Waals surface area contributed by atoms with E-state index in [-0.39, 0.29) is 18.2 Å². The SMILES string of the molecule is CCOCCOC(C)CC(C)(CO)NC1CC1. The van der Waals surface area contributed by atoms with E-state index in [4.69, 9.17) is 9.47 Å². The Kier molecular flexibility index (Phi) is 6.41. The highest BCUT2D eigenvalue weighted by molar-refractivity contribution is 4.93. The van der Waals surface area contributed by atoms with Crippen molar-refractivity contribution in [2.45, 2.75) is 57.7 Å². The summed E-state index contributed by atoms with van der Waals surface area (Å²) >= 11 is 0. The summed E-state index contributed by atoms with van der Waals surface area (Å²) in [6.45, 7) is 8.25. The molecule has 0 aromatic heterocycles. The Morgan fingerprint density at radius 3 is 2.65 bits per heavy atom. The van der Waals surface area contributed by atoms with Gasteiger partial charge in [-0.3, -0.25) is 0 Å². The molecule has 1 aliphatic carbocycles. The predicted octanol–water partition coefficient (Wildman–Crippen LogP) is 1.32. The number of hydrogen-bond donors (Lipinski definition) is 2. The van der Waals surface area contributed by atoms with Gasteiger partial charge in [0.15, 0.2) is 0 Å². The molecule has 0 radical (unpaired) electrons. The average Bonchev–Trinajstić information content (AvgIpc) is 3.08. The number of ether oxygens (including phenoxy) is 2. The third kappa shape index (κ3) is 6.36. The minimum absolute atomic E-state index is 0.138. The lowest BCUT2D eigenvalue weighted by atomic mass is 9.95. The van der Waals surface area contributed by atoms with Gasteiger partial charge in [0.1, 0.15) is 0 Å². The van der Waals surface area contributed by atoms with Crippen LogP contribution in [0.15, 0.2) is 0 Å². The fourth-order valence-corrected chi connectivity index (χ4v) is 2.04. The molecule has 1 fully saturated rings. The Hall–Kier alpha value is -0.160. The van der Waals surface area contributed by atoms with Crippen molar-refractivity contribution in [3.8, 4) is 0 Å². The van der Waals surface area contributed by atoms with E-state index in [1.807, 2.05) is 6.92 Å². The van der Waals surface area contributed by atoms with Crippen LogP contribution in [0.25, 0.3) is 0 Å². The molecule has 4 nitrogen and oxygen atoms in total. The Labute approximate surface area is 105 Å². The van der Waals surface area contributed by atoms with E-state index in [0.29, 0.717) is 19.3 Å². The van der Waals surface area contributed by atoms with Gasteiger partial charge < -0.3 is 19.9 Å². The van der Waals surface area contributed by atoms with Gasteiger partial charge in [-0.05, 0) is 40.0 Å². The quantitative estimate of drug-likeness (QED) is 0.570. The van der Waals surface area contributed by atoms with Crippen molar-refractivity contribution < 1.29 is 14.6 Å². The van der Waals surface area contributed by atoms with Crippen LogP contribution in [-0.4, -0.2) is 49.2 Å². The van der Waals surface area contributed by atoms with Crippen LogP contribution in [0.3, 0.4) is 0 Å². The highest BCUT2D eigenvalue weighted by atomic mass is 16.5. The minimum atomic E-state index is -0.216. The van der Waals surface area contributed by atoms with Crippen LogP contribution in [0.2, 0.25) is 0 Å². The summed E-state index contributed by atoms with van der Waals surface area (Å²) in [5.74, 6) is 0. The van der Waals surface area contributed by atoms with Crippen molar-refractivity contribution in [3.05, 3.63) is 0 Å². The van der Waals surface area contributed by atoms with E-state index in [2.05, 4.69) is 19.2 Å². The zero-order valence-electron chi connectivity index (χ0n) is 11.4. The Morgan fingerprint density at radius 2 is 2.12 bits per heavy atom. The van der Waals surface area contributed by atoms with Crippen LogP contribution in [0.4, 0.5) is 0 Å². The summed E-state index contributed by atoms with van der Waals surface area (Å²) in [6, 6.07) is 0.600. The zero-order chi connectivity index (χ0) is 12.7. The van der Waals surface area contributed by atoms with E-state index in [1.165, 1.54) is 12.8 Å². The van der Waals surface area contributed by atoms with Crippen LogP contribution in [0.5, 0.6) is 0 Å². The zero-order valence-corrected chi connectivity index (χ0v) is 11.4. The van der Waals surface area contributed by atoms with Crippen LogP contribution >= 0.6 is 0 Å². The molecule has 4 heteroatoms. The molecular weight excluding hydrogens is 218 g/mol. The minimum Gasteiger partial charge on any atom is -0.394 e. The van der Waals surface area contributed by atoms with Gasteiger partial charge in [0.05, 0.1) is 25.9 Å². The molecule has 1 aliphatic rings. The highest BCUT2D eigenvalue weighted by Crippen LogP contribution is 2.25. The number of rotatable bonds is 10. The summed E-state index contributed by atoms with van der Waals surface area (Å²) in [7, 11) is 0. The fourth-order valence-electron chi connectivity index (χ4n) is 2.04. The Bertz CT molecular complexity index is 209. The molecule has 17 heavy (non-hydrogen) atoms. The van der Waals surface area contributed by atoms with E-state index in [0.717, 1.165) is 13.0 Å². The molecule has 102 valence electrons. The lowest BCUT2D eigenvalue weighted by molar-refractivity contribution is -0.00512. The van der Waals surface area contributed by atoms with Crippen molar-refractivity contribution in [2.24, 2.45) is 0 Å². The van der Waals surface area contributed by atoms with Crippen molar-refractivity contribution >= 4 is 0 Å². The molecule has 1 rings (SSSR count). The molecule has 0 heterocycles. The van der Waals surface area contributed by atoms with Gasteiger partial charge in [-0.15, -0.1) is 0 Å².